The Hall–Kier alpha value is -2.94. The van der Waals surface area contributed by atoms with E-state index in [0.717, 1.165) is 5.39 Å². The maximum Gasteiger partial charge on any atom is 0.244 e. The van der Waals surface area contributed by atoms with E-state index < -0.39 is 5.25 Å². The molecule has 0 aliphatic carbocycles. The van der Waals surface area contributed by atoms with E-state index in [-0.39, 0.29) is 18.4 Å². The van der Waals surface area contributed by atoms with Gasteiger partial charge in [-0.1, -0.05) is 23.9 Å². The van der Waals surface area contributed by atoms with E-state index in [1.165, 1.54) is 23.0 Å². The molecule has 0 unspecified atom stereocenters. The second-order valence-corrected chi connectivity index (χ2v) is 7.26. The quantitative estimate of drug-likeness (QED) is 0.560. The summed E-state index contributed by atoms with van der Waals surface area (Å²) in [6.07, 6.45) is 3.16. The molecule has 0 radical (unpaired) electrons. The van der Waals surface area contributed by atoms with Gasteiger partial charge < -0.3 is 5.32 Å². The number of para-hydroxylation sites is 2. The van der Waals surface area contributed by atoms with Crippen molar-refractivity contribution in [3.63, 3.8) is 0 Å². The van der Waals surface area contributed by atoms with Crippen molar-refractivity contribution in [2.75, 3.05) is 16.8 Å². The van der Waals surface area contributed by atoms with Gasteiger partial charge in [-0.2, -0.15) is 5.10 Å². The van der Waals surface area contributed by atoms with Crippen molar-refractivity contribution in [2.45, 2.75) is 17.2 Å². The predicted molar refractivity (Wildman–Crippen MR) is 99.0 cm³/mol. The second-order valence-electron chi connectivity index (χ2n) is 5.93. The standard InChI is InChI=1S/C17H16N6O2S/c1-10(26-16-11-7-20-22(2)15(11)18-9-19-16)17(25)23-8-14(24)21-12-5-3-4-6-13(12)23/h3-7,9-10H,8H2,1-2H3,(H,21,24)/t10-/m1/s1. The number of nitrogens with zero attached hydrogens (tertiary/aromatic N) is 5. The zero-order chi connectivity index (χ0) is 18.3. The van der Waals surface area contributed by atoms with Gasteiger partial charge in [0.05, 0.1) is 28.2 Å². The number of benzene rings is 1. The Labute approximate surface area is 153 Å². The monoisotopic (exact) mass is 368 g/mol. The van der Waals surface area contributed by atoms with Crippen LogP contribution in [0.1, 0.15) is 6.92 Å². The highest BCUT2D eigenvalue weighted by molar-refractivity contribution is 8.00. The van der Waals surface area contributed by atoms with Crippen molar-refractivity contribution in [3.8, 4) is 0 Å². The SMILES string of the molecule is C[C@@H](Sc1ncnc2c1cnn2C)C(=O)N1CC(=O)Nc2ccccc21. The molecule has 26 heavy (non-hydrogen) atoms. The molecule has 1 atom stereocenters. The number of nitrogens with one attached hydrogen (secondary N) is 1. The number of carbonyl (C=O) groups excluding carboxylic acids is 2. The number of hydrogen-bond donors (Lipinski definition) is 1. The smallest absolute Gasteiger partial charge is 0.244 e. The molecular weight excluding hydrogens is 352 g/mol. The molecule has 132 valence electrons. The fraction of sp³-hybridized carbons (Fsp3) is 0.235. The van der Waals surface area contributed by atoms with Gasteiger partial charge in [0.1, 0.15) is 17.9 Å². The Morgan fingerprint density at radius 1 is 1.31 bits per heavy atom. The van der Waals surface area contributed by atoms with Gasteiger partial charge >= 0.3 is 0 Å². The molecular formula is C17H16N6O2S. The molecule has 0 saturated heterocycles. The second kappa shape index (κ2) is 6.41. The van der Waals surface area contributed by atoms with Gasteiger partial charge in [-0.15, -0.1) is 0 Å². The van der Waals surface area contributed by atoms with Crippen LogP contribution >= 0.6 is 11.8 Å². The van der Waals surface area contributed by atoms with Gasteiger partial charge in [-0.05, 0) is 19.1 Å². The Balaban J connectivity index is 1.61. The number of rotatable bonds is 3. The summed E-state index contributed by atoms with van der Waals surface area (Å²) >= 11 is 1.34. The number of aromatic nitrogens is 4. The van der Waals surface area contributed by atoms with E-state index in [9.17, 15) is 9.59 Å². The van der Waals surface area contributed by atoms with Crippen LogP contribution in [-0.4, -0.2) is 43.4 Å². The molecule has 3 heterocycles. The van der Waals surface area contributed by atoms with Crippen molar-refractivity contribution in [1.82, 2.24) is 19.7 Å². The van der Waals surface area contributed by atoms with Crippen LogP contribution in [0.3, 0.4) is 0 Å². The normalized spacial score (nSPS) is 14.8. The van der Waals surface area contributed by atoms with Crippen molar-refractivity contribution in [1.29, 1.82) is 0 Å². The third kappa shape index (κ3) is 2.80. The maximum absolute atomic E-state index is 13.0. The Kier molecular flexibility index (Phi) is 4.08. The van der Waals surface area contributed by atoms with Crippen LogP contribution in [0.2, 0.25) is 0 Å². The molecule has 8 nitrogen and oxygen atoms in total. The lowest BCUT2D eigenvalue weighted by molar-refractivity contribution is -0.121. The van der Waals surface area contributed by atoms with E-state index in [0.29, 0.717) is 22.0 Å². The molecule has 1 aliphatic rings. The summed E-state index contributed by atoms with van der Waals surface area (Å²) in [7, 11) is 1.81. The summed E-state index contributed by atoms with van der Waals surface area (Å²) in [6.45, 7) is 1.82. The number of amides is 2. The first kappa shape index (κ1) is 16.5. The largest absolute Gasteiger partial charge is 0.323 e. The first-order valence-electron chi connectivity index (χ1n) is 8.04. The lowest BCUT2D eigenvalue weighted by atomic mass is 10.2. The fourth-order valence-corrected chi connectivity index (χ4v) is 3.84. The number of fused-ring (bicyclic) bond motifs is 2. The highest BCUT2D eigenvalue weighted by atomic mass is 32.2. The summed E-state index contributed by atoms with van der Waals surface area (Å²) in [5.74, 6) is -0.348. The summed E-state index contributed by atoms with van der Waals surface area (Å²) in [4.78, 5) is 35.0. The summed E-state index contributed by atoms with van der Waals surface area (Å²) in [5.41, 5.74) is 2.06. The maximum atomic E-state index is 13.0. The molecule has 4 rings (SSSR count). The van der Waals surface area contributed by atoms with E-state index >= 15 is 0 Å². The first-order chi connectivity index (χ1) is 12.5. The van der Waals surface area contributed by atoms with Crippen LogP contribution < -0.4 is 10.2 Å². The Morgan fingerprint density at radius 2 is 2.12 bits per heavy atom. The van der Waals surface area contributed by atoms with Crippen LogP contribution in [0.15, 0.2) is 41.8 Å². The minimum Gasteiger partial charge on any atom is -0.323 e. The molecule has 1 aliphatic heterocycles. The van der Waals surface area contributed by atoms with Crippen LogP contribution in [0.25, 0.3) is 11.0 Å². The molecule has 1 N–H and O–H groups in total. The summed E-state index contributed by atoms with van der Waals surface area (Å²) < 4.78 is 1.67. The van der Waals surface area contributed by atoms with Crippen LogP contribution in [0, 0.1) is 0 Å². The van der Waals surface area contributed by atoms with Gasteiger partial charge in [-0.3, -0.25) is 19.2 Å². The van der Waals surface area contributed by atoms with Gasteiger partial charge in [0.2, 0.25) is 11.8 Å². The molecule has 1 aromatic carbocycles. The predicted octanol–water partition coefficient (Wildman–Crippen LogP) is 1.83. The summed E-state index contributed by atoms with van der Waals surface area (Å²) in [6, 6.07) is 7.28. The lowest BCUT2D eigenvalue weighted by Crippen LogP contribution is -2.45. The van der Waals surface area contributed by atoms with Gasteiger partial charge in [-0.25, -0.2) is 9.97 Å². The zero-order valence-electron chi connectivity index (χ0n) is 14.2. The van der Waals surface area contributed by atoms with Gasteiger partial charge in [0.25, 0.3) is 0 Å². The Morgan fingerprint density at radius 3 is 2.96 bits per heavy atom. The molecule has 2 aromatic heterocycles. The molecule has 9 heteroatoms. The number of thioether (sulfide) groups is 1. The van der Waals surface area contributed by atoms with Crippen LogP contribution in [0.5, 0.6) is 0 Å². The fourth-order valence-electron chi connectivity index (χ4n) is 2.90. The lowest BCUT2D eigenvalue weighted by Gasteiger charge is -2.30. The van der Waals surface area contributed by atoms with E-state index in [1.54, 1.807) is 16.9 Å². The Bertz CT molecular complexity index is 1020. The first-order valence-corrected chi connectivity index (χ1v) is 8.92. The van der Waals surface area contributed by atoms with Crippen LogP contribution in [0.4, 0.5) is 11.4 Å². The highest BCUT2D eigenvalue weighted by Gasteiger charge is 2.30. The molecule has 0 bridgehead atoms. The van der Waals surface area contributed by atoms with Crippen LogP contribution in [-0.2, 0) is 16.6 Å². The third-order valence-electron chi connectivity index (χ3n) is 4.17. The molecule has 3 aromatic rings. The summed E-state index contributed by atoms with van der Waals surface area (Å²) in [5, 5.41) is 8.05. The van der Waals surface area contributed by atoms with Crippen molar-refractivity contribution in [3.05, 3.63) is 36.8 Å². The minimum absolute atomic E-state index is 0.00677. The number of anilines is 2. The minimum atomic E-state index is -0.424. The highest BCUT2D eigenvalue weighted by Crippen LogP contribution is 2.33. The molecule has 0 fully saturated rings. The number of aryl methyl sites for hydroxylation is 1. The topological polar surface area (TPSA) is 93.0 Å². The van der Waals surface area contributed by atoms with E-state index in [1.807, 2.05) is 32.2 Å². The average Bonchev–Trinajstić information content (AvgIpc) is 3.02. The van der Waals surface area contributed by atoms with E-state index in [4.69, 9.17) is 0 Å². The number of carbonyl (C=O) groups is 2. The average molecular weight is 368 g/mol. The van der Waals surface area contributed by atoms with Crippen molar-refractivity contribution < 1.29 is 9.59 Å². The van der Waals surface area contributed by atoms with E-state index in [2.05, 4.69) is 20.4 Å². The molecule has 0 saturated carbocycles. The van der Waals surface area contributed by atoms with Gasteiger partial charge in [0.15, 0.2) is 5.65 Å². The third-order valence-corrected chi connectivity index (χ3v) is 5.27. The number of hydrogen-bond acceptors (Lipinski definition) is 6. The molecule has 0 spiro atoms. The molecule has 2 amide bonds. The zero-order valence-corrected chi connectivity index (χ0v) is 15.0. The van der Waals surface area contributed by atoms with Crippen molar-refractivity contribution >= 4 is 46.0 Å². The van der Waals surface area contributed by atoms with Crippen molar-refractivity contribution in [2.24, 2.45) is 7.05 Å². The van der Waals surface area contributed by atoms with Gasteiger partial charge in [0, 0.05) is 7.05 Å².